The molecule has 2 rings (SSSR count). The second-order valence-electron chi connectivity index (χ2n) is 6.43. The third-order valence-electron chi connectivity index (χ3n) is 3.16. The molecule has 0 unspecified atom stereocenters. The number of nitrogens with zero attached hydrogens (tertiary/aromatic N) is 3. The molecule has 2 amide bonds. The molecule has 0 bridgehead atoms. The van der Waals surface area contributed by atoms with E-state index in [1.807, 2.05) is 0 Å². The number of nitrogens with one attached hydrogen (secondary N) is 2. The second kappa shape index (κ2) is 7.41. The summed E-state index contributed by atoms with van der Waals surface area (Å²) in [7, 11) is 5.82. The maximum absolute atomic E-state index is 12.3. The van der Waals surface area contributed by atoms with Crippen molar-refractivity contribution in [3.8, 4) is 0 Å². The predicted octanol–water partition coefficient (Wildman–Crippen LogP) is -0.250. The topological polar surface area (TPSA) is 124 Å². The molecule has 25 heavy (non-hydrogen) atoms. The zero-order valence-corrected chi connectivity index (χ0v) is 14.5. The van der Waals surface area contributed by atoms with Gasteiger partial charge in [-0.3, -0.25) is 4.79 Å². The first-order valence-corrected chi connectivity index (χ1v) is 7.82. The normalized spacial score (nSPS) is 11.3. The summed E-state index contributed by atoms with van der Waals surface area (Å²) in [6.45, 7) is 6.10. The standard InChI is InChI=1S/C15H21BN6O3/c1-15(2,3)25-14(24)19-6-4-5-18-13(23)9-7-10(16)22-11(9)12(17)20-8-21-22/h7-8H,4-6H2,1-3H3,(H,18,23)(H,19,24)(H2,17,20,21). The van der Waals surface area contributed by atoms with Crippen molar-refractivity contribution in [3.05, 3.63) is 18.0 Å². The van der Waals surface area contributed by atoms with Gasteiger partial charge in [-0.1, -0.05) is 0 Å². The second-order valence-corrected chi connectivity index (χ2v) is 6.43. The van der Waals surface area contributed by atoms with Crippen LogP contribution < -0.4 is 22.0 Å². The van der Waals surface area contributed by atoms with E-state index in [2.05, 4.69) is 20.7 Å². The quantitative estimate of drug-likeness (QED) is 0.508. The Hall–Kier alpha value is -2.78. The lowest BCUT2D eigenvalue weighted by atomic mass is 10.1. The van der Waals surface area contributed by atoms with Gasteiger partial charge in [0.25, 0.3) is 5.91 Å². The van der Waals surface area contributed by atoms with Crippen LogP contribution in [0.3, 0.4) is 0 Å². The highest BCUT2D eigenvalue weighted by atomic mass is 16.6. The summed E-state index contributed by atoms with van der Waals surface area (Å²) in [4.78, 5) is 27.7. The molecule has 0 aliphatic carbocycles. The Bertz CT molecular complexity index is 783. The number of carbonyl (C=O) groups is 2. The first-order valence-electron chi connectivity index (χ1n) is 7.82. The van der Waals surface area contributed by atoms with Gasteiger partial charge in [-0.25, -0.2) is 14.3 Å². The van der Waals surface area contributed by atoms with Gasteiger partial charge >= 0.3 is 6.09 Å². The van der Waals surface area contributed by atoms with E-state index >= 15 is 0 Å². The van der Waals surface area contributed by atoms with Crippen LogP contribution in [0.2, 0.25) is 0 Å². The third kappa shape index (κ3) is 4.85. The van der Waals surface area contributed by atoms with Crippen LogP contribution in [0.25, 0.3) is 5.52 Å². The maximum Gasteiger partial charge on any atom is 0.407 e. The van der Waals surface area contributed by atoms with Crippen molar-refractivity contribution in [1.29, 1.82) is 0 Å². The number of amides is 2. The van der Waals surface area contributed by atoms with Crippen LogP contribution in [0.4, 0.5) is 10.6 Å². The van der Waals surface area contributed by atoms with Crippen molar-refractivity contribution in [2.75, 3.05) is 18.8 Å². The highest BCUT2D eigenvalue weighted by Crippen LogP contribution is 2.14. The van der Waals surface area contributed by atoms with Crippen LogP contribution >= 0.6 is 0 Å². The Morgan fingerprint density at radius 2 is 2.00 bits per heavy atom. The SMILES string of the molecule is [B]c1cc(C(=O)NCCCNC(=O)OC(C)(C)C)c2c(N)ncnn12. The summed E-state index contributed by atoms with van der Waals surface area (Å²) in [6.07, 6.45) is 1.32. The lowest BCUT2D eigenvalue weighted by Crippen LogP contribution is -2.34. The molecule has 0 fully saturated rings. The molecule has 132 valence electrons. The molecule has 0 aliphatic rings. The summed E-state index contributed by atoms with van der Waals surface area (Å²) in [6, 6.07) is 1.49. The highest BCUT2D eigenvalue weighted by molar-refractivity contribution is 6.32. The fraction of sp³-hybridized carbons (Fsp3) is 0.467. The van der Waals surface area contributed by atoms with E-state index in [0.717, 1.165) is 0 Å². The predicted molar refractivity (Wildman–Crippen MR) is 94.0 cm³/mol. The number of hydrogen-bond acceptors (Lipinski definition) is 6. The van der Waals surface area contributed by atoms with Crippen LogP contribution in [0, 0.1) is 0 Å². The zero-order valence-electron chi connectivity index (χ0n) is 14.5. The Balaban J connectivity index is 1.85. The fourth-order valence-electron chi connectivity index (χ4n) is 2.16. The number of rotatable bonds is 5. The van der Waals surface area contributed by atoms with Gasteiger partial charge in [0.2, 0.25) is 0 Å². The van der Waals surface area contributed by atoms with Gasteiger partial charge in [-0.15, -0.1) is 0 Å². The minimum atomic E-state index is -0.545. The van der Waals surface area contributed by atoms with Gasteiger partial charge in [0.15, 0.2) is 5.82 Å². The van der Waals surface area contributed by atoms with Gasteiger partial charge in [-0.2, -0.15) is 5.10 Å². The zero-order chi connectivity index (χ0) is 18.6. The summed E-state index contributed by atoms with van der Waals surface area (Å²) in [5, 5.41) is 9.32. The first-order chi connectivity index (χ1) is 11.7. The maximum atomic E-state index is 12.3. The van der Waals surface area contributed by atoms with Gasteiger partial charge in [0.1, 0.15) is 25.3 Å². The number of nitrogen functional groups attached to an aromatic ring is 1. The average molecular weight is 344 g/mol. The molecule has 9 nitrogen and oxygen atoms in total. The monoisotopic (exact) mass is 344 g/mol. The number of anilines is 1. The molecule has 2 aromatic rings. The molecule has 2 radical (unpaired) electrons. The van der Waals surface area contributed by atoms with Crippen LogP contribution in [0.1, 0.15) is 37.6 Å². The van der Waals surface area contributed by atoms with Gasteiger partial charge < -0.3 is 21.1 Å². The Kier molecular flexibility index (Phi) is 5.50. The number of carbonyl (C=O) groups excluding carboxylic acids is 2. The Morgan fingerprint density at radius 1 is 1.32 bits per heavy atom. The van der Waals surface area contributed by atoms with Crippen LogP contribution in [-0.4, -0.2) is 53.1 Å². The summed E-state index contributed by atoms with van der Waals surface area (Å²) in [5.41, 5.74) is 6.21. The van der Waals surface area contributed by atoms with Gasteiger partial charge in [0, 0.05) is 13.1 Å². The summed E-state index contributed by atoms with van der Waals surface area (Å²) in [5.74, 6) is -0.170. The van der Waals surface area contributed by atoms with E-state index in [9.17, 15) is 9.59 Å². The smallest absolute Gasteiger partial charge is 0.407 e. The molecular weight excluding hydrogens is 323 g/mol. The molecule has 0 spiro atoms. The van der Waals surface area contributed by atoms with Crippen LogP contribution in [0.5, 0.6) is 0 Å². The Labute approximate surface area is 146 Å². The first kappa shape index (κ1) is 18.6. The average Bonchev–Trinajstić information content (AvgIpc) is 2.84. The van der Waals surface area contributed by atoms with Crippen molar-refractivity contribution in [2.24, 2.45) is 0 Å². The lowest BCUT2D eigenvalue weighted by Gasteiger charge is -2.19. The molecular formula is C15H21BN6O3. The molecule has 0 atom stereocenters. The molecule has 4 N–H and O–H groups in total. The molecule has 0 saturated carbocycles. The molecule has 2 aromatic heterocycles. The highest BCUT2D eigenvalue weighted by Gasteiger charge is 2.17. The number of nitrogens with two attached hydrogens (primary N) is 1. The summed E-state index contributed by atoms with van der Waals surface area (Å²) >= 11 is 0. The van der Waals surface area contributed by atoms with Crippen molar-refractivity contribution >= 4 is 36.8 Å². The molecule has 2 heterocycles. The van der Waals surface area contributed by atoms with Crippen molar-refractivity contribution in [2.45, 2.75) is 32.8 Å². The number of alkyl carbamates (subject to hydrolysis) is 1. The number of ether oxygens (including phenoxy) is 1. The molecule has 10 heteroatoms. The summed E-state index contributed by atoms with van der Waals surface area (Å²) < 4.78 is 6.48. The third-order valence-corrected chi connectivity index (χ3v) is 3.16. The van der Waals surface area contributed by atoms with Gasteiger partial charge in [-0.05, 0) is 38.9 Å². The van der Waals surface area contributed by atoms with E-state index in [4.69, 9.17) is 18.3 Å². The van der Waals surface area contributed by atoms with Crippen LogP contribution in [0.15, 0.2) is 12.4 Å². The van der Waals surface area contributed by atoms with Gasteiger partial charge in [0.05, 0.1) is 5.56 Å². The minimum absolute atomic E-state index is 0.170. The van der Waals surface area contributed by atoms with E-state index < -0.39 is 11.7 Å². The minimum Gasteiger partial charge on any atom is -0.444 e. The molecule has 0 saturated heterocycles. The van der Waals surface area contributed by atoms with Crippen molar-refractivity contribution < 1.29 is 14.3 Å². The number of fused-ring (bicyclic) bond motifs is 1. The van der Waals surface area contributed by atoms with E-state index in [1.165, 1.54) is 16.9 Å². The van der Waals surface area contributed by atoms with E-state index in [1.54, 1.807) is 20.8 Å². The van der Waals surface area contributed by atoms with Crippen molar-refractivity contribution in [3.63, 3.8) is 0 Å². The van der Waals surface area contributed by atoms with Crippen LogP contribution in [-0.2, 0) is 4.74 Å². The largest absolute Gasteiger partial charge is 0.444 e. The Morgan fingerprint density at radius 3 is 2.68 bits per heavy atom. The lowest BCUT2D eigenvalue weighted by molar-refractivity contribution is 0.0527. The van der Waals surface area contributed by atoms with E-state index in [0.29, 0.717) is 36.2 Å². The number of hydrogen-bond donors (Lipinski definition) is 3. The fourth-order valence-corrected chi connectivity index (χ4v) is 2.16. The number of aromatic nitrogens is 3. The van der Waals surface area contributed by atoms with Crippen molar-refractivity contribution in [1.82, 2.24) is 25.2 Å². The molecule has 0 aliphatic heterocycles. The van der Waals surface area contributed by atoms with E-state index in [-0.39, 0.29) is 11.7 Å². The molecule has 0 aromatic carbocycles.